The van der Waals surface area contributed by atoms with Crippen LogP contribution in [0.25, 0.3) is 0 Å². The van der Waals surface area contributed by atoms with E-state index in [9.17, 15) is 4.79 Å². The van der Waals surface area contributed by atoms with Crippen LogP contribution in [0, 0.1) is 11.3 Å². The highest BCUT2D eigenvalue weighted by atomic mass is 35.5. The average molecular weight is 167 g/mol. The van der Waals surface area contributed by atoms with Crippen LogP contribution in [0.15, 0.2) is 18.3 Å². The van der Waals surface area contributed by atoms with E-state index in [0.29, 0.717) is 5.56 Å². The highest BCUT2D eigenvalue weighted by Crippen LogP contribution is 2.02. The van der Waals surface area contributed by atoms with Crippen LogP contribution in [0.4, 0.5) is 0 Å². The van der Waals surface area contributed by atoms with Gasteiger partial charge in [-0.05, 0) is 23.7 Å². The number of carbonyl (C=O) groups is 1. The van der Waals surface area contributed by atoms with Crippen LogP contribution in [-0.4, -0.2) is 10.2 Å². The summed E-state index contributed by atoms with van der Waals surface area (Å²) in [7, 11) is 0. The smallest absolute Gasteiger partial charge is 0.253 e. The fourth-order valence-corrected chi connectivity index (χ4v) is 0.688. The first-order valence-corrected chi connectivity index (χ1v) is 3.18. The highest BCUT2D eigenvalue weighted by Gasteiger charge is 2.00. The Hall–Kier alpha value is -1.40. The number of hydrogen-bond donors (Lipinski definition) is 0. The Labute approximate surface area is 68.2 Å². The third kappa shape index (κ3) is 1.76. The van der Waals surface area contributed by atoms with Crippen molar-refractivity contribution in [3.05, 3.63) is 29.6 Å². The second kappa shape index (κ2) is 3.13. The molecule has 0 aliphatic heterocycles. The molecule has 0 amide bonds. The Bertz CT molecular complexity index is 312. The molecule has 0 fully saturated rings. The van der Waals surface area contributed by atoms with Gasteiger partial charge in [0, 0.05) is 6.20 Å². The van der Waals surface area contributed by atoms with E-state index in [0.717, 1.165) is 0 Å². The summed E-state index contributed by atoms with van der Waals surface area (Å²) < 4.78 is 0. The molecule has 0 aliphatic rings. The first-order valence-electron chi connectivity index (χ1n) is 2.80. The fourth-order valence-electron chi connectivity index (χ4n) is 0.576. The molecule has 0 N–H and O–H groups in total. The van der Waals surface area contributed by atoms with Gasteiger partial charge in [0.2, 0.25) is 0 Å². The second-order valence-corrected chi connectivity index (χ2v) is 2.16. The van der Waals surface area contributed by atoms with Crippen molar-refractivity contribution < 1.29 is 4.79 Å². The Morgan fingerprint density at radius 2 is 2.36 bits per heavy atom. The minimum Gasteiger partial charge on any atom is -0.276 e. The molecule has 1 rings (SSSR count). The molecule has 0 saturated heterocycles. The minimum atomic E-state index is -0.568. The molecule has 0 aromatic carbocycles. The van der Waals surface area contributed by atoms with E-state index in [1.54, 1.807) is 0 Å². The summed E-state index contributed by atoms with van der Waals surface area (Å²) in [4.78, 5) is 14.1. The minimum absolute atomic E-state index is 0.270. The van der Waals surface area contributed by atoms with Gasteiger partial charge in [-0.25, -0.2) is 4.98 Å². The molecular formula is C7H3ClN2O. The van der Waals surface area contributed by atoms with Crippen LogP contribution in [0.1, 0.15) is 16.1 Å². The van der Waals surface area contributed by atoms with Gasteiger partial charge in [-0.1, -0.05) is 0 Å². The summed E-state index contributed by atoms with van der Waals surface area (Å²) in [5, 5.41) is 7.77. The zero-order valence-corrected chi connectivity index (χ0v) is 6.17. The maximum absolute atomic E-state index is 10.5. The number of halogens is 1. The highest BCUT2D eigenvalue weighted by molar-refractivity contribution is 6.67. The van der Waals surface area contributed by atoms with Crippen LogP contribution in [0.2, 0.25) is 0 Å². The number of rotatable bonds is 1. The van der Waals surface area contributed by atoms with Crippen LogP contribution < -0.4 is 0 Å². The Morgan fingerprint density at radius 1 is 1.64 bits per heavy atom. The van der Waals surface area contributed by atoms with E-state index in [1.165, 1.54) is 18.3 Å². The summed E-state index contributed by atoms with van der Waals surface area (Å²) in [6.45, 7) is 0. The molecule has 0 spiro atoms. The molecule has 0 saturated carbocycles. The van der Waals surface area contributed by atoms with Crippen LogP contribution in [0.3, 0.4) is 0 Å². The van der Waals surface area contributed by atoms with Gasteiger partial charge < -0.3 is 0 Å². The SMILES string of the molecule is N#Cc1ccc(C(=O)Cl)cn1. The van der Waals surface area contributed by atoms with Crippen molar-refractivity contribution >= 4 is 16.8 Å². The average Bonchev–Trinajstić information content (AvgIpc) is 2.05. The number of aromatic nitrogens is 1. The lowest BCUT2D eigenvalue weighted by Gasteiger charge is -1.90. The molecule has 0 aliphatic carbocycles. The largest absolute Gasteiger partial charge is 0.276 e. The molecule has 4 heteroatoms. The zero-order chi connectivity index (χ0) is 8.27. The third-order valence-corrected chi connectivity index (χ3v) is 1.32. The van der Waals surface area contributed by atoms with Crippen molar-refractivity contribution in [2.75, 3.05) is 0 Å². The molecule has 1 aromatic rings. The molecule has 0 atom stereocenters. The number of carbonyl (C=O) groups excluding carboxylic acids is 1. The van der Waals surface area contributed by atoms with Crippen LogP contribution in [0.5, 0.6) is 0 Å². The zero-order valence-electron chi connectivity index (χ0n) is 5.41. The van der Waals surface area contributed by atoms with E-state index in [2.05, 4.69) is 4.98 Å². The summed E-state index contributed by atoms with van der Waals surface area (Å²) >= 11 is 5.14. The first kappa shape index (κ1) is 7.70. The lowest BCUT2D eigenvalue weighted by atomic mass is 10.3. The number of nitrogens with zero attached hydrogens (tertiary/aromatic N) is 2. The number of pyridine rings is 1. The van der Waals surface area contributed by atoms with Crippen molar-refractivity contribution in [3.63, 3.8) is 0 Å². The molecule has 0 bridgehead atoms. The summed E-state index contributed by atoms with van der Waals surface area (Å²) in [6.07, 6.45) is 1.27. The lowest BCUT2D eigenvalue weighted by molar-refractivity contribution is 0.108. The Kier molecular flexibility index (Phi) is 2.19. The van der Waals surface area contributed by atoms with Gasteiger partial charge in [0.1, 0.15) is 11.8 Å². The van der Waals surface area contributed by atoms with Crippen molar-refractivity contribution in [1.29, 1.82) is 5.26 Å². The molecule has 1 aromatic heterocycles. The predicted octanol–water partition coefficient (Wildman–Crippen LogP) is 1.33. The van der Waals surface area contributed by atoms with E-state index < -0.39 is 5.24 Å². The van der Waals surface area contributed by atoms with Gasteiger partial charge in [-0.3, -0.25) is 4.79 Å². The lowest BCUT2D eigenvalue weighted by Crippen LogP contribution is -1.90. The monoisotopic (exact) mass is 166 g/mol. The summed E-state index contributed by atoms with van der Waals surface area (Å²) in [5.74, 6) is 0. The normalized spacial score (nSPS) is 8.73. The van der Waals surface area contributed by atoms with E-state index >= 15 is 0 Å². The van der Waals surface area contributed by atoms with Crippen molar-refractivity contribution in [2.45, 2.75) is 0 Å². The predicted molar refractivity (Wildman–Crippen MR) is 39.1 cm³/mol. The molecule has 54 valence electrons. The van der Waals surface area contributed by atoms with E-state index in [1.807, 2.05) is 6.07 Å². The number of hydrogen-bond acceptors (Lipinski definition) is 3. The van der Waals surface area contributed by atoms with Gasteiger partial charge in [-0.15, -0.1) is 0 Å². The maximum atomic E-state index is 10.5. The molecule has 1 heterocycles. The van der Waals surface area contributed by atoms with Gasteiger partial charge in [-0.2, -0.15) is 5.26 Å². The van der Waals surface area contributed by atoms with Crippen molar-refractivity contribution in [3.8, 4) is 6.07 Å². The third-order valence-electron chi connectivity index (χ3n) is 1.10. The van der Waals surface area contributed by atoms with Crippen molar-refractivity contribution in [1.82, 2.24) is 4.98 Å². The molecule has 0 radical (unpaired) electrons. The molecule has 0 unspecified atom stereocenters. The Morgan fingerprint density at radius 3 is 2.73 bits per heavy atom. The molecular weight excluding hydrogens is 164 g/mol. The van der Waals surface area contributed by atoms with Crippen LogP contribution >= 0.6 is 11.6 Å². The summed E-state index contributed by atoms with van der Waals surface area (Å²) in [5.41, 5.74) is 0.567. The Balaban J connectivity index is 3.03. The summed E-state index contributed by atoms with van der Waals surface area (Å²) in [6, 6.07) is 4.73. The standard InChI is InChI=1S/C7H3ClN2O/c8-7(11)5-1-2-6(3-9)10-4-5/h1-2,4H. The molecule has 11 heavy (non-hydrogen) atoms. The van der Waals surface area contributed by atoms with E-state index in [-0.39, 0.29) is 5.69 Å². The van der Waals surface area contributed by atoms with Gasteiger partial charge in [0.15, 0.2) is 0 Å². The van der Waals surface area contributed by atoms with Crippen LogP contribution in [-0.2, 0) is 0 Å². The maximum Gasteiger partial charge on any atom is 0.253 e. The topological polar surface area (TPSA) is 53.8 Å². The van der Waals surface area contributed by atoms with Gasteiger partial charge >= 0.3 is 0 Å². The number of nitriles is 1. The second-order valence-electron chi connectivity index (χ2n) is 1.82. The quantitative estimate of drug-likeness (QED) is 0.592. The fraction of sp³-hybridized carbons (Fsp3) is 0. The van der Waals surface area contributed by atoms with Gasteiger partial charge in [0.25, 0.3) is 5.24 Å². The first-order chi connectivity index (χ1) is 5.24. The van der Waals surface area contributed by atoms with Gasteiger partial charge in [0.05, 0.1) is 5.56 Å². The molecule has 3 nitrogen and oxygen atoms in total. The van der Waals surface area contributed by atoms with E-state index in [4.69, 9.17) is 16.9 Å². The van der Waals surface area contributed by atoms with Crippen molar-refractivity contribution in [2.24, 2.45) is 0 Å².